The van der Waals surface area contributed by atoms with Crippen LogP contribution >= 0.6 is 34.7 Å². The van der Waals surface area contributed by atoms with Gasteiger partial charge in [-0.3, -0.25) is 19.3 Å². The molecule has 0 fully saturated rings. The number of fused-ring (bicyclic) bond motifs is 6. The highest BCUT2D eigenvalue weighted by molar-refractivity contribution is 8.00. The number of hydrogen-bond donors (Lipinski definition) is 0. The third-order valence-electron chi connectivity index (χ3n) is 8.03. The lowest BCUT2D eigenvalue weighted by Crippen LogP contribution is -2.53. The molecule has 11 heteroatoms. The van der Waals surface area contributed by atoms with Crippen molar-refractivity contribution in [3.8, 4) is 0 Å². The molecule has 1 unspecified atom stereocenters. The van der Waals surface area contributed by atoms with Crippen molar-refractivity contribution < 1.29 is 14.0 Å². The maximum Gasteiger partial charge on any atom is 0.297 e. The number of aromatic nitrogens is 2. The van der Waals surface area contributed by atoms with E-state index in [2.05, 4.69) is 34.5 Å². The van der Waals surface area contributed by atoms with Gasteiger partial charge in [-0.2, -0.15) is 0 Å². The Morgan fingerprint density at radius 3 is 2.60 bits per heavy atom. The Labute approximate surface area is 257 Å². The molecule has 6 aromatic rings. The predicted molar refractivity (Wildman–Crippen MR) is 168 cm³/mol. The van der Waals surface area contributed by atoms with Crippen LogP contribution in [-0.4, -0.2) is 29.1 Å². The molecule has 2 aromatic heterocycles. The molecule has 210 valence electrons. The minimum Gasteiger partial charge on any atom is -0.450 e. The van der Waals surface area contributed by atoms with Crippen molar-refractivity contribution >= 4 is 79.1 Å². The van der Waals surface area contributed by atoms with Gasteiger partial charge in [-0.25, -0.2) is 0 Å². The smallest absolute Gasteiger partial charge is 0.297 e. The molecule has 0 saturated heterocycles. The van der Waals surface area contributed by atoms with Gasteiger partial charge in [0.15, 0.2) is 15.3 Å². The van der Waals surface area contributed by atoms with Gasteiger partial charge in [-0.05, 0) is 40.6 Å². The highest BCUT2D eigenvalue weighted by Gasteiger charge is 2.66. The lowest BCUT2D eigenvalue weighted by molar-refractivity contribution is -0.121. The average Bonchev–Trinajstić information content (AvgIpc) is 3.66. The summed E-state index contributed by atoms with van der Waals surface area (Å²) < 4.78 is 6.69. The lowest BCUT2D eigenvalue weighted by Gasteiger charge is -2.31. The summed E-state index contributed by atoms with van der Waals surface area (Å²) >= 11 is 8.92. The number of carbonyl (C=O) groups is 2. The van der Waals surface area contributed by atoms with E-state index in [1.165, 1.54) is 39.0 Å². The van der Waals surface area contributed by atoms with Crippen LogP contribution in [0.3, 0.4) is 0 Å². The second-order valence-corrected chi connectivity index (χ2v) is 12.9. The lowest BCUT2D eigenvalue weighted by atomic mass is 9.84. The molecule has 43 heavy (non-hydrogen) atoms. The largest absolute Gasteiger partial charge is 0.450 e. The van der Waals surface area contributed by atoms with Gasteiger partial charge in [0, 0.05) is 29.1 Å². The molecule has 2 aliphatic rings. The Hall–Kier alpha value is -4.51. The molecule has 0 aliphatic carbocycles. The molecule has 4 aromatic carbocycles. The van der Waals surface area contributed by atoms with Crippen LogP contribution in [0.4, 0.5) is 10.8 Å². The summed E-state index contributed by atoms with van der Waals surface area (Å²) in [4.78, 5) is 45.5. The van der Waals surface area contributed by atoms with Crippen LogP contribution in [0.1, 0.15) is 27.2 Å². The van der Waals surface area contributed by atoms with E-state index in [0.29, 0.717) is 26.4 Å². The number of carbonyl (C=O) groups excluding carboxylic acids is 2. The van der Waals surface area contributed by atoms with Crippen molar-refractivity contribution in [2.75, 3.05) is 16.8 Å². The van der Waals surface area contributed by atoms with Crippen LogP contribution < -0.4 is 15.2 Å². The highest BCUT2D eigenvalue weighted by atomic mass is 35.5. The van der Waals surface area contributed by atoms with Crippen molar-refractivity contribution in [3.63, 3.8) is 0 Å². The predicted octanol–water partition coefficient (Wildman–Crippen LogP) is 6.62. The number of halogens is 1. The van der Waals surface area contributed by atoms with E-state index in [1.807, 2.05) is 18.2 Å². The van der Waals surface area contributed by atoms with E-state index in [4.69, 9.17) is 16.0 Å². The van der Waals surface area contributed by atoms with Gasteiger partial charge in [0.2, 0.25) is 10.9 Å². The maximum atomic E-state index is 14.4. The molecule has 8 rings (SSSR count). The summed E-state index contributed by atoms with van der Waals surface area (Å²) in [5.41, 5.74) is 0.0581. The third kappa shape index (κ3) is 3.60. The Kier molecular flexibility index (Phi) is 5.78. The molecular weight excluding hydrogens is 604 g/mol. The van der Waals surface area contributed by atoms with Gasteiger partial charge in [-0.15, -0.1) is 10.2 Å². The first-order chi connectivity index (χ1) is 20.9. The van der Waals surface area contributed by atoms with E-state index >= 15 is 0 Å². The number of amides is 2. The molecule has 8 nitrogen and oxygen atoms in total. The van der Waals surface area contributed by atoms with Crippen molar-refractivity contribution in [1.29, 1.82) is 0 Å². The maximum absolute atomic E-state index is 14.4. The van der Waals surface area contributed by atoms with Crippen molar-refractivity contribution in [2.24, 2.45) is 0 Å². The number of likely N-dealkylation sites (N-methyl/N-ethyl adjacent to an activating group) is 1. The molecule has 2 aliphatic heterocycles. The fourth-order valence-electron chi connectivity index (χ4n) is 6.15. The number of anilines is 2. The molecule has 0 saturated carbocycles. The van der Waals surface area contributed by atoms with Crippen LogP contribution in [0.15, 0.2) is 98.5 Å². The highest BCUT2D eigenvalue weighted by Crippen LogP contribution is 2.54. The zero-order chi connectivity index (χ0) is 29.5. The van der Waals surface area contributed by atoms with Gasteiger partial charge in [0.25, 0.3) is 11.8 Å². The van der Waals surface area contributed by atoms with Crippen molar-refractivity contribution in [1.82, 2.24) is 10.2 Å². The minimum absolute atomic E-state index is 0.0470. The SMILES string of the molecule is CN1C(=O)C2(c3ccccc31)c1c(oc3ccc(Cl)cc3c1=O)C(=O)N2c1nnc(SCc2cccc3ccccc23)s1. The second-order valence-electron chi connectivity index (χ2n) is 10.3. The van der Waals surface area contributed by atoms with Gasteiger partial charge in [0.1, 0.15) is 5.58 Å². The van der Waals surface area contributed by atoms with Crippen molar-refractivity contribution in [3.05, 3.63) is 123 Å². The molecular formula is C32H19ClN4O4S2. The fourth-order valence-corrected chi connectivity index (χ4v) is 8.22. The van der Waals surface area contributed by atoms with Crippen LogP contribution in [0, 0.1) is 0 Å². The van der Waals surface area contributed by atoms with Crippen LogP contribution in [0.5, 0.6) is 0 Å². The summed E-state index contributed by atoms with van der Waals surface area (Å²) in [6, 6.07) is 26.1. The second kappa shape index (κ2) is 9.50. The number of benzene rings is 4. The summed E-state index contributed by atoms with van der Waals surface area (Å²) in [7, 11) is 1.63. The Balaban J connectivity index is 1.28. The number of thioether (sulfide) groups is 1. The summed E-state index contributed by atoms with van der Waals surface area (Å²) in [5, 5.41) is 11.8. The zero-order valence-electron chi connectivity index (χ0n) is 22.4. The molecule has 2 amide bonds. The summed E-state index contributed by atoms with van der Waals surface area (Å²) in [6.07, 6.45) is 0. The summed E-state index contributed by atoms with van der Waals surface area (Å²) in [5.74, 6) is -0.663. The minimum atomic E-state index is -1.81. The van der Waals surface area contributed by atoms with E-state index in [0.717, 1.165) is 16.3 Å². The fraction of sp³-hybridized carbons (Fsp3) is 0.0938. The summed E-state index contributed by atoms with van der Waals surface area (Å²) in [6.45, 7) is 0. The monoisotopic (exact) mass is 622 g/mol. The first kappa shape index (κ1) is 26.1. The average molecular weight is 623 g/mol. The number of hydrogen-bond acceptors (Lipinski definition) is 8. The van der Waals surface area contributed by atoms with Gasteiger partial charge in [-0.1, -0.05) is 95.4 Å². The topological polar surface area (TPSA) is 96.6 Å². The zero-order valence-corrected chi connectivity index (χ0v) is 24.8. The third-order valence-corrected chi connectivity index (χ3v) is 10.4. The first-order valence-corrected chi connectivity index (χ1v) is 15.5. The Bertz CT molecular complexity index is 2230. The normalized spacial score (nSPS) is 17.4. The molecule has 0 radical (unpaired) electrons. The van der Waals surface area contributed by atoms with Gasteiger partial charge in [0.05, 0.1) is 10.9 Å². The van der Waals surface area contributed by atoms with Gasteiger partial charge < -0.3 is 9.32 Å². The standard InChI is InChI=1S/C32H19ClN4O4S2/c1-36-23-12-5-4-11-22(23)32(29(36)40)25-26(38)21-15-19(33)13-14-24(21)41-27(25)28(39)37(32)30-34-35-31(43-30)42-16-18-9-6-8-17-7-2-3-10-20(17)18/h2-15H,16H2,1H3. The van der Waals surface area contributed by atoms with E-state index in [9.17, 15) is 14.4 Å². The van der Waals surface area contributed by atoms with Crippen LogP contribution in [0.2, 0.25) is 5.02 Å². The Morgan fingerprint density at radius 1 is 0.930 bits per heavy atom. The first-order valence-electron chi connectivity index (χ1n) is 13.3. The van der Waals surface area contributed by atoms with E-state index in [-0.39, 0.29) is 27.4 Å². The Morgan fingerprint density at radius 2 is 1.72 bits per heavy atom. The van der Waals surface area contributed by atoms with E-state index in [1.54, 1.807) is 43.4 Å². The molecule has 1 atom stereocenters. The van der Waals surface area contributed by atoms with Crippen LogP contribution in [0.25, 0.3) is 21.7 Å². The molecule has 0 N–H and O–H groups in total. The number of rotatable bonds is 4. The number of nitrogens with zero attached hydrogens (tertiary/aromatic N) is 4. The molecule has 1 spiro atoms. The van der Waals surface area contributed by atoms with Gasteiger partial charge >= 0.3 is 0 Å². The van der Waals surface area contributed by atoms with E-state index < -0.39 is 22.8 Å². The molecule has 0 bridgehead atoms. The van der Waals surface area contributed by atoms with Crippen molar-refractivity contribution in [2.45, 2.75) is 15.6 Å². The molecule has 4 heterocycles. The number of para-hydroxylation sites is 1. The van der Waals surface area contributed by atoms with Crippen LogP contribution in [-0.2, 0) is 16.1 Å². The quantitative estimate of drug-likeness (QED) is 0.161.